The van der Waals surface area contributed by atoms with Gasteiger partial charge in [-0.1, -0.05) is 36.4 Å². The molecular formula is C16H21ClN2O. The van der Waals surface area contributed by atoms with Crippen molar-refractivity contribution in [2.75, 3.05) is 19.6 Å². The average molecular weight is 293 g/mol. The molecule has 1 aliphatic heterocycles. The molecule has 20 heavy (non-hydrogen) atoms. The van der Waals surface area contributed by atoms with Crippen molar-refractivity contribution >= 4 is 17.5 Å². The Balaban J connectivity index is 1.85. The van der Waals surface area contributed by atoms with Crippen molar-refractivity contribution in [2.45, 2.75) is 25.8 Å². The van der Waals surface area contributed by atoms with Gasteiger partial charge in [0, 0.05) is 36.3 Å². The van der Waals surface area contributed by atoms with Gasteiger partial charge in [-0.3, -0.25) is 9.69 Å². The van der Waals surface area contributed by atoms with Gasteiger partial charge in [0.1, 0.15) is 0 Å². The molecule has 1 amide bonds. The number of nitrogens with one attached hydrogen (secondary N) is 1. The van der Waals surface area contributed by atoms with Crippen molar-refractivity contribution in [3.63, 3.8) is 0 Å². The Morgan fingerprint density at radius 1 is 1.40 bits per heavy atom. The normalized spacial score (nSPS) is 16.9. The molecule has 1 aromatic carbocycles. The van der Waals surface area contributed by atoms with E-state index in [2.05, 4.69) is 16.8 Å². The number of amides is 1. The zero-order chi connectivity index (χ0) is 14.5. The maximum absolute atomic E-state index is 12.2. The third-order valence-electron chi connectivity index (χ3n) is 3.71. The lowest BCUT2D eigenvalue weighted by molar-refractivity contribution is 0.0913. The molecule has 3 nitrogen and oxygen atoms in total. The second-order valence-electron chi connectivity index (χ2n) is 5.36. The van der Waals surface area contributed by atoms with E-state index in [1.807, 2.05) is 31.2 Å². The zero-order valence-corrected chi connectivity index (χ0v) is 12.6. The number of carbonyl (C=O) groups is 1. The highest BCUT2D eigenvalue weighted by molar-refractivity contribution is 6.29. The predicted octanol–water partition coefficient (Wildman–Crippen LogP) is 2.94. The minimum absolute atomic E-state index is 0.0308. The number of carbonyl (C=O) groups excluding carboxylic acids is 1. The molecule has 4 heteroatoms. The highest BCUT2D eigenvalue weighted by Crippen LogP contribution is 2.14. The van der Waals surface area contributed by atoms with Crippen LogP contribution in [0, 0.1) is 6.92 Å². The van der Waals surface area contributed by atoms with E-state index < -0.39 is 0 Å². The zero-order valence-electron chi connectivity index (χ0n) is 11.9. The van der Waals surface area contributed by atoms with Crippen LogP contribution in [0.4, 0.5) is 0 Å². The van der Waals surface area contributed by atoms with Gasteiger partial charge in [-0.2, -0.15) is 0 Å². The third kappa shape index (κ3) is 4.09. The van der Waals surface area contributed by atoms with E-state index in [9.17, 15) is 4.79 Å². The first kappa shape index (κ1) is 15.1. The van der Waals surface area contributed by atoms with Gasteiger partial charge in [0.15, 0.2) is 0 Å². The summed E-state index contributed by atoms with van der Waals surface area (Å²) in [5, 5.41) is 3.80. The molecule has 0 aromatic heterocycles. The molecule has 1 aromatic rings. The van der Waals surface area contributed by atoms with Crippen LogP contribution in [-0.4, -0.2) is 36.5 Å². The molecule has 1 aliphatic rings. The summed E-state index contributed by atoms with van der Waals surface area (Å²) in [5.74, 6) is 0.0308. The van der Waals surface area contributed by atoms with Crippen LogP contribution in [0.25, 0.3) is 0 Å². The van der Waals surface area contributed by atoms with Gasteiger partial charge in [0.2, 0.25) is 0 Å². The Morgan fingerprint density at radius 2 is 2.05 bits per heavy atom. The van der Waals surface area contributed by atoms with Crippen LogP contribution >= 0.6 is 11.6 Å². The number of benzene rings is 1. The standard InChI is InChI=1S/C16H21ClN2O/c1-12-5-3-4-6-15(12)16(20)18-14-7-9-19(10-8-14)11-13(2)17/h3-6,14H,2,7-11H2,1H3,(H,18,20). The summed E-state index contributed by atoms with van der Waals surface area (Å²) in [6.45, 7) is 8.32. The van der Waals surface area contributed by atoms with Gasteiger partial charge in [0.25, 0.3) is 5.91 Å². The molecular weight excluding hydrogens is 272 g/mol. The molecule has 0 atom stereocenters. The van der Waals surface area contributed by atoms with E-state index in [1.165, 1.54) is 0 Å². The quantitative estimate of drug-likeness (QED) is 0.925. The van der Waals surface area contributed by atoms with Gasteiger partial charge in [0.05, 0.1) is 0 Å². The molecule has 0 saturated carbocycles. The molecule has 0 unspecified atom stereocenters. The summed E-state index contributed by atoms with van der Waals surface area (Å²) in [5.41, 5.74) is 1.78. The third-order valence-corrected chi connectivity index (χ3v) is 3.83. The molecule has 1 heterocycles. The fourth-order valence-corrected chi connectivity index (χ4v) is 2.74. The maximum atomic E-state index is 12.2. The summed E-state index contributed by atoms with van der Waals surface area (Å²) in [7, 11) is 0. The van der Waals surface area contributed by atoms with E-state index >= 15 is 0 Å². The van der Waals surface area contributed by atoms with Crippen molar-refractivity contribution in [1.29, 1.82) is 0 Å². The molecule has 0 aliphatic carbocycles. The lowest BCUT2D eigenvalue weighted by Gasteiger charge is -2.32. The van der Waals surface area contributed by atoms with E-state index in [0.717, 1.165) is 43.6 Å². The van der Waals surface area contributed by atoms with Crippen molar-refractivity contribution in [1.82, 2.24) is 10.2 Å². The van der Waals surface area contributed by atoms with Crippen molar-refractivity contribution in [3.05, 3.63) is 47.0 Å². The van der Waals surface area contributed by atoms with Crippen molar-refractivity contribution < 1.29 is 4.79 Å². The first-order chi connectivity index (χ1) is 9.56. The number of likely N-dealkylation sites (tertiary alicyclic amines) is 1. The van der Waals surface area contributed by atoms with Crippen LogP contribution in [0.1, 0.15) is 28.8 Å². The number of rotatable bonds is 4. The molecule has 2 rings (SSSR count). The molecule has 108 valence electrons. The van der Waals surface area contributed by atoms with Crippen molar-refractivity contribution in [2.24, 2.45) is 0 Å². The summed E-state index contributed by atoms with van der Waals surface area (Å²) >= 11 is 5.82. The van der Waals surface area contributed by atoms with Crippen LogP contribution in [0.15, 0.2) is 35.9 Å². The first-order valence-corrected chi connectivity index (χ1v) is 7.36. The topological polar surface area (TPSA) is 32.3 Å². The fourth-order valence-electron chi connectivity index (χ4n) is 2.57. The van der Waals surface area contributed by atoms with Gasteiger partial charge >= 0.3 is 0 Å². The minimum atomic E-state index is 0.0308. The number of aryl methyl sites for hydroxylation is 1. The minimum Gasteiger partial charge on any atom is -0.349 e. The number of halogens is 1. The van der Waals surface area contributed by atoms with Crippen LogP contribution in [0.3, 0.4) is 0 Å². The van der Waals surface area contributed by atoms with E-state index in [4.69, 9.17) is 11.6 Å². The summed E-state index contributed by atoms with van der Waals surface area (Å²) < 4.78 is 0. The predicted molar refractivity (Wildman–Crippen MR) is 83.1 cm³/mol. The van der Waals surface area contributed by atoms with Gasteiger partial charge in [-0.25, -0.2) is 0 Å². The van der Waals surface area contributed by atoms with Crippen molar-refractivity contribution in [3.8, 4) is 0 Å². The summed E-state index contributed by atoms with van der Waals surface area (Å²) in [6, 6.07) is 7.93. The Kier molecular flexibility index (Phi) is 5.21. The van der Waals surface area contributed by atoms with E-state index in [1.54, 1.807) is 0 Å². The molecule has 0 spiro atoms. The summed E-state index contributed by atoms with van der Waals surface area (Å²) in [4.78, 5) is 14.5. The largest absolute Gasteiger partial charge is 0.349 e. The number of piperidine rings is 1. The van der Waals surface area contributed by atoms with E-state index in [-0.39, 0.29) is 11.9 Å². The van der Waals surface area contributed by atoms with Crippen LogP contribution < -0.4 is 5.32 Å². The molecule has 0 radical (unpaired) electrons. The fraction of sp³-hybridized carbons (Fsp3) is 0.438. The number of nitrogens with zero attached hydrogens (tertiary/aromatic N) is 1. The Bertz CT molecular complexity index is 493. The van der Waals surface area contributed by atoms with E-state index in [0.29, 0.717) is 5.03 Å². The second kappa shape index (κ2) is 6.91. The highest BCUT2D eigenvalue weighted by atomic mass is 35.5. The SMILES string of the molecule is C=C(Cl)CN1CCC(NC(=O)c2ccccc2C)CC1. The summed E-state index contributed by atoms with van der Waals surface area (Å²) in [6.07, 6.45) is 1.92. The average Bonchev–Trinajstić information content (AvgIpc) is 2.41. The lowest BCUT2D eigenvalue weighted by atomic mass is 10.0. The smallest absolute Gasteiger partial charge is 0.251 e. The highest BCUT2D eigenvalue weighted by Gasteiger charge is 2.21. The Hall–Kier alpha value is -1.32. The van der Waals surface area contributed by atoms with Gasteiger partial charge in [-0.15, -0.1) is 0 Å². The van der Waals surface area contributed by atoms with Crippen LogP contribution in [0.2, 0.25) is 0 Å². The van der Waals surface area contributed by atoms with Gasteiger partial charge < -0.3 is 5.32 Å². The van der Waals surface area contributed by atoms with Gasteiger partial charge in [-0.05, 0) is 31.4 Å². The molecule has 1 saturated heterocycles. The number of hydrogen-bond acceptors (Lipinski definition) is 2. The molecule has 0 bridgehead atoms. The van der Waals surface area contributed by atoms with Crippen LogP contribution in [-0.2, 0) is 0 Å². The Labute approximate surface area is 125 Å². The lowest BCUT2D eigenvalue weighted by Crippen LogP contribution is -2.45. The molecule has 1 N–H and O–H groups in total. The monoisotopic (exact) mass is 292 g/mol. The second-order valence-corrected chi connectivity index (χ2v) is 5.89. The first-order valence-electron chi connectivity index (χ1n) is 6.98. The molecule has 1 fully saturated rings. The maximum Gasteiger partial charge on any atom is 0.251 e. The Morgan fingerprint density at radius 3 is 2.65 bits per heavy atom. The van der Waals surface area contributed by atoms with Crippen LogP contribution in [0.5, 0.6) is 0 Å². The number of hydrogen-bond donors (Lipinski definition) is 1.